The molecule has 0 unspecified atom stereocenters. The molecule has 0 spiro atoms. The highest BCUT2D eigenvalue weighted by molar-refractivity contribution is 6.07. The number of H-pyrrole nitrogens is 1. The molecule has 28 heavy (non-hydrogen) atoms. The number of imidazole rings is 1. The van der Waals surface area contributed by atoms with E-state index < -0.39 is 0 Å². The quantitative estimate of drug-likeness (QED) is 0.509. The standard InChI is InChI=1S/C20H21N7O/c1-11(28)26-20(7-8-20)15-6-4-5-13(23-15)14-9-12-17-16(22-10-27(17)3)19(21-2)25-18(12)24-14/h4-6,9-10H,7-8H2,1-3H3,(H,26,28)(H2,21,24,25). The molecule has 3 N–H and O–H groups in total. The lowest BCUT2D eigenvalue weighted by atomic mass is 10.1. The van der Waals surface area contributed by atoms with Crippen molar-refractivity contribution in [3.8, 4) is 11.4 Å². The number of anilines is 1. The van der Waals surface area contributed by atoms with Gasteiger partial charge in [-0.2, -0.15) is 0 Å². The molecule has 0 radical (unpaired) electrons. The number of nitrogens with one attached hydrogen (secondary N) is 3. The van der Waals surface area contributed by atoms with E-state index in [0.29, 0.717) is 0 Å². The molecule has 8 nitrogen and oxygen atoms in total. The lowest BCUT2D eigenvalue weighted by Gasteiger charge is -2.16. The number of rotatable bonds is 4. The molecule has 0 aromatic carbocycles. The molecule has 4 heterocycles. The van der Waals surface area contributed by atoms with E-state index in [2.05, 4.69) is 31.7 Å². The molecule has 0 atom stereocenters. The lowest BCUT2D eigenvalue weighted by molar-refractivity contribution is -0.120. The second-order valence-corrected chi connectivity index (χ2v) is 7.38. The first kappa shape index (κ1) is 16.7. The lowest BCUT2D eigenvalue weighted by Crippen LogP contribution is -2.33. The van der Waals surface area contributed by atoms with Crippen molar-refractivity contribution < 1.29 is 4.79 Å². The average Bonchev–Trinajstić information content (AvgIpc) is 3.16. The zero-order chi connectivity index (χ0) is 19.5. The smallest absolute Gasteiger partial charge is 0.217 e. The van der Waals surface area contributed by atoms with Crippen LogP contribution < -0.4 is 10.6 Å². The third-order valence-corrected chi connectivity index (χ3v) is 5.35. The van der Waals surface area contributed by atoms with Crippen molar-refractivity contribution in [2.24, 2.45) is 7.05 Å². The van der Waals surface area contributed by atoms with Gasteiger partial charge >= 0.3 is 0 Å². The molecular formula is C20H21N7O. The highest BCUT2D eigenvalue weighted by Gasteiger charge is 2.46. The minimum Gasteiger partial charge on any atom is -0.371 e. The zero-order valence-corrected chi connectivity index (χ0v) is 16.0. The predicted molar refractivity (Wildman–Crippen MR) is 108 cm³/mol. The minimum atomic E-state index is -0.319. The molecule has 8 heteroatoms. The molecular weight excluding hydrogens is 354 g/mol. The number of aromatic amines is 1. The van der Waals surface area contributed by atoms with Crippen LogP contribution in [0.2, 0.25) is 0 Å². The summed E-state index contributed by atoms with van der Waals surface area (Å²) in [5.41, 5.74) is 4.93. The third-order valence-electron chi connectivity index (χ3n) is 5.35. The van der Waals surface area contributed by atoms with Crippen LogP contribution in [0.15, 0.2) is 30.6 Å². The SMILES string of the molecule is CNc1nc2[nH]c(-c3cccc(C4(NC(C)=O)CC4)n3)cc2c2c1ncn2C. The number of amides is 1. The number of carbonyl (C=O) groups is 1. The molecule has 0 bridgehead atoms. The molecule has 1 amide bonds. The number of hydrogen-bond donors (Lipinski definition) is 3. The summed E-state index contributed by atoms with van der Waals surface area (Å²) in [5, 5.41) is 7.17. The highest BCUT2D eigenvalue weighted by Crippen LogP contribution is 2.45. The molecule has 142 valence electrons. The van der Waals surface area contributed by atoms with Crippen molar-refractivity contribution >= 4 is 33.8 Å². The number of nitrogens with zero attached hydrogens (tertiary/aromatic N) is 4. The van der Waals surface area contributed by atoms with Crippen molar-refractivity contribution in [3.63, 3.8) is 0 Å². The number of aryl methyl sites for hydroxylation is 1. The molecule has 0 saturated heterocycles. The Morgan fingerprint density at radius 1 is 1.29 bits per heavy atom. The van der Waals surface area contributed by atoms with E-state index in [-0.39, 0.29) is 11.4 Å². The average molecular weight is 375 g/mol. The van der Waals surface area contributed by atoms with Crippen LogP contribution in [0, 0.1) is 0 Å². The molecule has 4 aromatic heterocycles. The fraction of sp³-hybridized carbons (Fsp3) is 0.300. The maximum atomic E-state index is 11.6. The first-order valence-electron chi connectivity index (χ1n) is 9.29. The minimum absolute atomic E-state index is 0.0299. The molecule has 1 aliphatic rings. The van der Waals surface area contributed by atoms with Gasteiger partial charge in [0.15, 0.2) is 5.82 Å². The van der Waals surface area contributed by atoms with Gasteiger partial charge in [-0.05, 0) is 31.0 Å². The van der Waals surface area contributed by atoms with Crippen LogP contribution in [0.5, 0.6) is 0 Å². The first-order valence-corrected chi connectivity index (χ1v) is 9.29. The summed E-state index contributed by atoms with van der Waals surface area (Å²) in [6.45, 7) is 1.55. The van der Waals surface area contributed by atoms with Crippen LogP contribution in [0.4, 0.5) is 5.82 Å². The Labute approximate surface area is 161 Å². The van der Waals surface area contributed by atoms with E-state index in [1.54, 1.807) is 13.3 Å². The Morgan fingerprint density at radius 2 is 2.11 bits per heavy atom. The first-order chi connectivity index (χ1) is 13.5. The van der Waals surface area contributed by atoms with Crippen LogP contribution in [0.1, 0.15) is 25.5 Å². The van der Waals surface area contributed by atoms with E-state index in [4.69, 9.17) is 4.98 Å². The maximum absolute atomic E-state index is 11.6. The summed E-state index contributed by atoms with van der Waals surface area (Å²) in [6, 6.07) is 8.00. The van der Waals surface area contributed by atoms with E-state index in [9.17, 15) is 4.79 Å². The van der Waals surface area contributed by atoms with Gasteiger partial charge in [0.25, 0.3) is 0 Å². The van der Waals surface area contributed by atoms with Gasteiger partial charge in [-0.3, -0.25) is 4.79 Å². The fourth-order valence-electron chi connectivity index (χ4n) is 3.87. The van der Waals surface area contributed by atoms with Gasteiger partial charge < -0.3 is 20.2 Å². The van der Waals surface area contributed by atoms with Gasteiger partial charge in [-0.15, -0.1) is 0 Å². The predicted octanol–water partition coefficient (Wildman–Crippen LogP) is 2.68. The molecule has 0 aliphatic heterocycles. The van der Waals surface area contributed by atoms with Crippen LogP contribution in [0.25, 0.3) is 33.5 Å². The van der Waals surface area contributed by atoms with Crippen molar-refractivity contribution in [2.45, 2.75) is 25.3 Å². The van der Waals surface area contributed by atoms with Gasteiger partial charge in [-0.25, -0.2) is 15.0 Å². The summed E-state index contributed by atoms with van der Waals surface area (Å²) in [6.07, 6.45) is 3.62. The van der Waals surface area contributed by atoms with Gasteiger partial charge in [0.2, 0.25) is 5.91 Å². The van der Waals surface area contributed by atoms with Crippen molar-refractivity contribution in [1.29, 1.82) is 0 Å². The molecule has 4 aromatic rings. The normalized spacial score (nSPS) is 15.1. The summed E-state index contributed by atoms with van der Waals surface area (Å²) < 4.78 is 2.00. The highest BCUT2D eigenvalue weighted by atomic mass is 16.1. The molecule has 1 aliphatic carbocycles. The van der Waals surface area contributed by atoms with Crippen LogP contribution in [-0.2, 0) is 17.4 Å². The summed E-state index contributed by atoms with van der Waals surface area (Å²) >= 11 is 0. The van der Waals surface area contributed by atoms with E-state index in [1.165, 1.54) is 0 Å². The molecule has 5 rings (SSSR count). The zero-order valence-electron chi connectivity index (χ0n) is 16.0. The van der Waals surface area contributed by atoms with Crippen LogP contribution in [-0.4, -0.2) is 37.5 Å². The Hall–Kier alpha value is -3.42. The third kappa shape index (κ3) is 2.45. The monoisotopic (exact) mass is 375 g/mol. The maximum Gasteiger partial charge on any atom is 0.217 e. The number of aromatic nitrogens is 5. The Kier molecular flexibility index (Phi) is 3.46. The van der Waals surface area contributed by atoms with Crippen molar-refractivity contribution in [3.05, 3.63) is 36.3 Å². The fourth-order valence-corrected chi connectivity index (χ4v) is 3.87. The van der Waals surface area contributed by atoms with Crippen LogP contribution in [0.3, 0.4) is 0 Å². The van der Waals surface area contributed by atoms with Crippen molar-refractivity contribution in [2.75, 3.05) is 12.4 Å². The van der Waals surface area contributed by atoms with E-state index in [1.807, 2.05) is 36.9 Å². The number of fused-ring (bicyclic) bond motifs is 3. The number of pyridine rings is 2. The summed E-state index contributed by atoms with van der Waals surface area (Å²) in [7, 11) is 3.82. The van der Waals surface area contributed by atoms with Gasteiger partial charge in [0, 0.05) is 26.4 Å². The van der Waals surface area contributed by atoms with E-state index in [0.717, 1.165) is 57.8 Å². The van der Waals surface area contributed by atoms with Gasteiger partial charge in [-0.1, -0.05) is 6.07 Å². The Morgan fingerprint density at radius 3 is 2.82 bits per heavy atom. The Balaban J connectivity index is 1.64. The van der Waals surface area contributed by atoms with Crippen molar-refractivity contribution in [1.82, 2.24) is 29.8 Å². The number of carbonyl (C=O) groups excluding carboxylic acids is 1. The molecule has 1 saturated carbocycles. The van der Waals surface area contributed by atoms with Crippen LogP contribution >= 0.6 is 0 Å². The largest absolute Gasteiger partial charge is 0.371 e. The second-order valence-electron chi connectivity index (χ2n) is 7.38. The summed E-state index contributed by atoms with van der Waals surface area (Å²) in [5.74, 6) is 0.707. The van der Waals surface area contributed by atoms with Gasteiger partial charge in [0.1, 0.15) is 11.2 Å². The van der Waals surface area contributed by atoms with E-state index >= 15 is 0 Å². The number of hydrogen-bond acceptors (Lipinski definition) is 5. The van der Waals surface area contributed by atoms with Gasteiger partial charge in [0.05, 0.1) is 34.5 Å². The second kappa shape index (κ2) is 5.79. The summed E-state index contributed by atoms with van der Waals surface area (Å²) in [4.78, 5) is 29.0. The Bertz CT molecular complexity index is 1230. The topological polar surface area (TPSA) is 101 Å². The molecule has 1 fully saturated rings.